The fourth-order valence-electron chi connectivity index (χ4n) is 2.44. The maximum absolute atomic E-state index is 4.59. The Labute approximate surface area is 66.5 Å². The number of thiocarbonyl (C=S) groups is 1. The second-order valence-electron chi connectivity index (χ2n) is 3.46. The van der Waals surface area contributed by atoms with Gasteiger partial charge >= 0.3 is 0 Å². The van der Waals surface area contributed by atoms with Gasteiger partial charge in [-0.3, -0.25) is 0 Å². The number of fused-ring (bicyclic) bond motifs is 2. The minimum absolute atomic E-state index is 0.552. The SMILES string of the molecule is S=C=N[C@H]1C[C@@H]2CC[C@@H]1C2. The molecule has 0 amide bonds. The van der Waals surface area contributed by atoms with E-state index in [0.717, 1.165) is 11.8 Å². The summed E-state index contributed by atoms with van der Waals surface area (Å²) >= 11 is 4.59. The van der Waals surface area contributed by atoms with Crippen LogP contribution in [0.1, 0.15) is 25.7 Å². The van der Waals surface area contributed by atoms with Gasteiger partial charge in [0.15, 0.2) is 0 Å². The molecule has 2 aliphatic rings. The van der Waals surface area contributed by atoms with Gasteiger partial charge in [0.1, 0.15) is 0 Å². The Morgan fingerprint density at radius 1 is 1.30 bits per heavy atom. The van der Waals surface area contributed by atoms with Gasteiger partial charge in [0.25, 0.3) is 0 Å². The van der Waals surface area contributed by atoms with Crippen molar-refractivity contribution in [2.24, 2.45) is 16.8 Å². The largest absolute Gasteiger partial charge is 0.229 e. The Morgan fingerprint density at radius 2 is 2.20 bits per heavy atom. The van der Waals surface area contributed by atoms with Crippen molar-refractivity contribution in [1.82, 2.24) is 0 Å². The third-order valence-electron chi connectivity index (χ3n) is 2.92. The van der Waals surface area contributed by atoms with Crippen LogP contribution >= 0.6 is 12.2 Å². The van der Waals surface area contributed by atoms with E-state index in [1.165, 1.54) is 25.7 Å². The second kappa shape index (κ2) is 2.44. The molecule has 1 nitrogen and oxygen atoms in total. The number of rotatable bonds is 1. The van der Waals surface area contributed by atoms with E-state index in [-0.39, 0.29) is 0 Å². The number of nitrogens with zero attached hydrogens (tertiary/aromatic N) is 1. The minimum atomic E-state index is 0.552. The van der Waals surface area contributed by atoms with Crippen LogP contribution in [-0.4, -0.2) is 11.2 Å². The van der Waals surface area contributed by atoms with Crippen molar-refractivity contribution < 1.29 is 0 Å². The molecule has 0 spiro atoms. The summed E-state index contributed by atoms with van der Waals surface area (Å²) < 4.78 is 0. The van der Waals surface area contributed by atoms with Crippen molar-refractivity contribution in [2.45, 2.75) is 31.7 Å². The maximum atomic E-state index is 4.59. The summed E-state index contributed by atoms with van der Waals surface area (Å²) in [6, 6.07) is 0.552. The molecule has 0 unspecified atom stereocenters. The summed E-state index contributed by atoms with van der Waals surface area (Å²) in [4.78, 5) is 4.17. The van der Waals surface area contributed by atoms with Gasteiger partial charge in [-0.25, -0.2) is 4.99 Å². The zero-order valence-corrected chi connectivity index (χ0v) is 6.73. The van der Waals surface area contributed by atoms with Gasteiger partial charge in [0, 0.05) is 0 Å². The van der Waals surface area contributed by atoms with Gasteiger partial charge in [-0.05, 0) is 43.3 Å². The molecule has 0 aliphatic heterocycles. The van der Waals surface area contributed by atoms with Crippen molar-refractivity contribution in [3.05, 3.63) is 0 Å². The van der Waals surface area contributed by atoms with Gasteiger partial charge in [0.05, 0.1) is 11.2 Å². The fraction of sp³-hybridized carbons (Fsp3) is 0.875. The van der Waals surface area contributed by atoms with Crippen molar-refractivity contribution in [3.8, 4) is 0 Å². The highest BCUT2D eigenvalue weighted by molar-refractivity contribution is 7.78. The Bertz CT molecular complexity index is 184. The molecule has 2 saturated carbocycles. The van der Waals surface area contributed by atoms with E-state index < -0.39 is 0 Å². The summed E-state index contributed by atoms with van der Waals surface area (Å²) in [6.07, 6.45) is 5.52. The molecule has 0 heterocycles. The summed E-state index contributed by atoms with van der Waals surface area (Å²) in [5.41, 5.74) is 0. The number of isothiocyanates is 1. The second-order valence-corrected chi connectivity index (χ2v) is 3.65. The van der Waals surface area contributed by atoms with Crippen LogP contribution in [0.25, 0.3) is 0 Å². The molecular weight excluding hydrogens is 142 g/mol. The van der Waals surface area contributed by atoms with Crippen LogP contribution < -0.4 is 0 Å². The predicted molar refractivity (Wildman–Crippen MR) is 44.3 cm³/mol. The number of aliphatic imine (C=N–C) groups is 1. The molecule has 0 saturated heterocycles. The topological polar surface area (TPSA) is 12.4 Å². The summed E-state index contributed by atoms with van der Waals surface area (Å²) in [5.74, 6) is 1.84. The first-order chi connectivity index (χ1) is 4.90. The zero-order chi connectivity index (χ0) is 6.97. The third-order valence-corrected chi connectivity index (χ3v) is 3.02. The van der Waals surface area contributed by atoms with Gasteiger partial charge in [-0.2, -0.15) is 0 Å². The highest BCUT2D eigenvalue weighted by atomic mass is 32.1. The monoisotopic (exact) mass is 153 g/mol. The summed E-state index contributed by atoms with van der Waals surface area (Å²) in [5, 5.41) is 2.50. The fourth-order valence-corrected chi connectivity index (χ4v) is 2.57. The lowest BCUT2D eigenvalue weighted by Crippen LogP contribution is -2.13. The molecule has 0 aromatic rings. The van der Waals surface area contributed by atoms with Crippen molar-refractivity contribution in [3.63, 3.8) is 0 Å². The highest BCUT2D eigenvalue weighted by Crippen LogP contribution is 2.45. The molecule has 2 rings (SSSR count). The van der Waals surface area contributed by atoms with E-state index in [4.69, 9.17) is 0 Å². The molecule has 2 fully saturated rings. The molecule has 2 bridgehead atoms. The lowest BCUT2D eigenvalue weighted by atomic mass is 9.96. The van der Waals surface area contributed by atoms with Crippen LogP contribution in [0.2, 0.25) is 0 Å². The Morgan fingerprint density at radius 3 is 2.70 bits per heavy atom. The van der Waals surface area contributed by atoms with Gasteiger partial charge < -0.3 is 0 Å². The van der Waals surface area contributed by atoms with E-state index in [9.17, 15) is 0 Å². The normalized spacial score (nSPS) is 43.4. The molecule has 0 radical (unpaired) electrons. The first-order valence-electron chi connectivity index (χ1n) is 3.97. The number of hydrogen-bond donors (Lipinski definition) is 0. The lowest BCUT2D eigenvalue weighted by Gasteiger charge is -2.15. The first kappa shape index (κ1) is 6.51. The Balaban J connectivity index is 2.08. The van der Waals surface area contributed by atoms with E-state index >= 15 is 0 Å². The van der Waals surface area contributed by atoms with Crippen LogP contribution in [0.3, 0.4) is 0 Å². The van der Waals surface area contributed by atoms with Crippen LogP contribution in [0.4, 0.5) is 0 Å². The van der Waals surface area contributed by atoms with Crippen LogP contribution in [0.5, 0.6) is 0 Å². The third kappa shape index (κ3) is 0.920. The average molecular weight is 153 g/mol. The van der Waals surface area contributed by atoms with Crippen LogP contribution in [0, 0.1) is 11.8 Å². The van der Waals surface area contributed by atoms with Crippen molar-refractivity contribution in [1.29, 1.82) is 0 Å². The molecule has 0 aromatic carbocycles. The van der Waals surface area contributed by atoms with Gasteiger partial charge in [0.2, 0.25) is 0 Å². The van der Waals surface area contributed by atoms with E-state index in [0.29, 0.717) is 6.04 Å². The van der Waals surface area contributed by atoms with E-state index in [1.54, 1.807) is 0 Å². The number of hydrogen-bond acceptors (Lipinski definition) is 2. The van der Waals surface area contributed by atoms with Crippen molar-refractivity contribution >= 4 is 17.4 Å². The Kier molecular flexibility index (Phi) is 1.59. The highest BCUT2D eigenvalue weighted by Gasteiger charge is 2.39. The quantitative estimate of drug-likeness (QED) is 0.416. The maximum Gasteiger partial charge on any atom is 0.0633 e. The summed E-state index contributed by atoms with van der Waals surface area (Å²) in [6.45, 7) is 0. The molecular formula is C8H11NS. The van der Waals surface area contributed by atoms with Crippen LogP contribution in [0.15, 0.2) is 4.99 Å². The van der Waals surface area contributed by atoms with E-state index in [1.807, 2.05) is 0 Å². The summed E-state index contributed by atoms with van der Waals surface area (Å²) in [7, 11) is 0. The molecule has 0 N–H and O–H groups in total. The zero-order valence-electron chi connectivity index (χ0n) is 5.92. The van der Waals surface area contributed by atoms with Crippen molar-refractivity contribution in [2.75, 3.05) is 0 Å². The lowest BCUT2D eigenvalue weighted by molar-refractivity contribution is 0.422. The standard InChI is InChI=1S/C8H11NS/c10-5-9-8-4-6-1-2-7(8)3-6/h6-8H,1-4H2/t6-,7-,8+/m1/s1. The molecule has 3 atom stereocenters. The average Bonchev–Trinajstić information content (AvgIpc) is 2.48. The smallest absolute Gasteiger partial charge is 0.0633 e. The van der Waals surface area contributed by atoms with Gasteiger partial charge in [-0.15, -0.1) is 0 Å². The van der Waals surface area contributed by atoms with Gasteiger partial charge in [-0.1, -0.05) is 6.42 Å². The first-order valence-corrected chi connectivity index (χ1v) is 4.38. The minimum Gasteiger partial charge on any atom is -0.229 e. The van der Waals surface area contributed by atoms with Crippen LogP contribution in [-0.2, 0) is 0 Å². The Hall–Kier alpha value is -0.200. The molecule has 10 heavy (non-hydrogen) atoms. The predicted octanol–water partition coefficient (Wildman–Crippen LogP) is 2.28. The molecule has 2 heteroatoms. The van der Waals surface area contributed by atoms with E-state index in [2.05, 4.69) is 22.4 Å². The molecule has 2 aliphatic carbocycles. The molecule has 0 aromatic heterocycles. The molecule has 54 valence electrons.